The second-order valence-corrected chi connectivity index (χ2v) is 5.76. The number of phenols is 1. The predicted octanol–water partition coefficient (Wildman–Crippen LogP) is 2.06. The SMILES string of the molecule is CC(C)(C)CC(O)CNC(=O)c1c(O)cccc1F. The first-order valence-corrected chi connectivity index (χ1v) is 6.14. The van der Waals surface area contributed by atoms with Crippen LogP contribution in [0.15, 0.2) is 18.2 Å². The normalized spacial score (nSPS) is 13.1. The van der Waals surface area contributed by atoms with Gasteiger partial charge in [0, 0.05) is 6.54 Å². The van der Waals surface area contributed by atoms with Crippen LogP contribution in [-0.2, 0) is 0 Å². The number of aliphatic hydroxyl groups excluding tert-OH is 1. The summed E-state index contributed by atoms with van der Waals surface area (Å²) in [5.41, 5.74) is -0.463. The van der Waals surface area contributed by atoms with E-state index in [1.807, 2.05) is 20.8 Å². The van der Waals surface area contributed by atoms with Crippen molar-refractivity contribution in [1.82, 2.24) is 5.32 Å². The minimum atomic E-state index is -0.789. The molecule has 106 valence electrons. The summed E-state index contributed by atoms with van der Waals surface area (Å²) in [6, 6.07) is 3.65. The first-order chi connectivity index (χ1) is 8.70. The summed E-state index contributed by atoms with van der Waals surface area (Å²) < 4.78 is 13.4. The quantitative estimate of drug-likeness (QED) is 0.783. The summed E-state index contributed by atoms with van der Waals surface area (Å²) in [7, 11) is 0. The summed E-state index contributed by atoms with van der Waals surface area (Å²) in [6.07, 6.45) is -0.200. The van der Waals surface area contributed by atoms with Crippen molar-refractivity contribution >= 4 is 5.91 Å². The molecule has 1 unspecified atom stereocenters. The number of hydrogen-bond donors (Lipinski definition) is 3. The van der Waals surface area contributed by atoms with Gasteiger partial charge in [-0.05, 0) is 24.0 Å². The van der Waals surface area contributed by atoms with E-state index in [-0.39, 0.29) is 12.0 Å². The predicted molar refractivity (Wildman–Crippen MR) is 70.5 cm³/mol. The minimum absolute atomic E-state index is 0.0177. The Kier molecular flexibility index (Phi) is 4.89. The van der Waals surface area contributed by atoms with Crippen LogP contribution in [0.4, 0.5) is 4.39 Å². The van der Waals surface area contributed by atoms with Crippen molar-refractivity contribution in [3.63, 3.8) is 0 Å². The average molecular weight is 269 g/mol. The lowest BCUT2D eigenvalue weighted by molar-refractivity contribution is 0.0862. The number of aromatic hydroxyl groups is 1. The molecule has 19 heavy (non-hydrogen) atoms. The van der Waals surface area contributed by atoms with Gasteiger partial charge in [0.2, 0.25) is 0 Å². The van der Waals surface area contributed by atoms with Crippen LogP contribution < -0.4 is 5.32 Å². The number of aliphatic hydroxyl groups is 1. The van der Waals surface area contributed by atoms with Crippen molar-refractivity contribution in [2.24, 2.45) is 5.41 Å². The zero-order valence-corrected chi connectivity index (χ0v) is 11.4. The molecule has 0 bridgehead atoms. The highest BCUT2D eigenvalue weighted by molar-refractivity contribution is 5.97. The highest BCUT2D eigenvalue weighted by Gasteiger charge is 2.20. The van der Waals surface area contributed by atoms with Crippen LogP contribution in [0.2, 0.25) is 0 Å². The van der Waals surface area contributed by atoms with Gasteiger partial charge < -0.3 is 15.5 Å². The number of carbonyl (C=O) groups excluding carboxylic acids is 1. The van der Waals surface area contributed by atoms with Crippen molar-refractivity contribution in [2.45, 2.75) is 33.3 Å². The van der Waals surface area contributed by atoms with Gasteiger partial charge in [0.25, 0.3) is 5.91 Å². The Balaban J connectivity index is 2.61. The summed E-state index contributed by atoms with van der Waals surface area (Å²) in [5, 5.41) is 21.6. The molecule has 0 saturated carbocycles. The van der Waals surface area contributed by atoms with Gasteiger partial charge >= 0.3 is 0 Å². The second kappa shape index (κ2) is 6.02. The Morgan fingerprint density at radius 2 is 2.05 bits per heavy atom. The Morgan fingerprint density at radius 3 is 2.58 bits per heavy atom. The zero-order valence-electron chi connectivity index (χ0n) is 11.4. The van der Waals surface area contributed by atoms with Crippen molar-refractivity contribution in [3.8, 4) is 5.75 Å². The van der Waals surface area contributed by atoms with Crippen molar-refractivity contribution in [1.29, 1.82) is 0 Å². The molecule has 1 aromatic rings. The summed E-state index contributed by atoms with van der Waals surface area (Å²) in [6.45, 7) is 5.94. The molecule has 0 spiro atoms. The minimum Gasteiger partial charge on any atom is -0.507 e. The fourth-order valence-electron chi connectivity index (χ4n) is 1.82. The highest BCUT2D eigenvalue weighted by atomic mass is 19.1. The van der Waals surface area contributed by atoms with Crippen LogP contribution in [0.25, 0.3) is 0 Å². The number of phenolic OH excluding ortho intramolecular Hbond substituents is 1. The third-order valence-corrected chi connectivity index (χ3v) is 2.56. The van der Waals surface area contributed by atoms with E-state index < -0.39 is 29.1 Å². The van der Waals surface area contributed by atoms with E-state index in [2.05, 4.69) is 5.32 Å². The monoisotopic (exact) mass is 269 g/mol. The maximum Gasteiger partial charge on any atom is 0.258 e. The molecule has 0 aliphatic heterocycles. The van der Waals surface area contributed by atoms with E-state index in [4.69, 9.17) is 0 Å². The lowest BCUT2D eigenvalue weighted by Crippen LogP contribution is -2.34. The number of benzene rings is 1. The van der Waals surface area contributed by atoms with Crippen LogP contribution in [0.5, 0.6) is 5.75 Å². The molecule has 0 aliphatic rings. The number of amides is 1. The molecule has 0 fully saturated rings. The number of hydrogen-bond acceptors (Lipinski definition) is 3. The van der Waals surface area contributed by atoms with Gasteiger partial charge in [-0.2, -0.15) is 0 Å². The average Bonchev–Trinajstić information content (AvgIpc) is 2.23. The third-order valence-electron chi connectivity index (χ3n) is 2.56. The lowest BCUT2D eigenvalue weighted by Gasteiger charge is -2.22. The van der Waals surface area contributed by atoms with Gasteiger partial charge in [-0.25, -0.2) is 4.39 Å². The summed E-state index contributed by atoms with van der Waals surface area (Å²) in [5.74, 6) is -1.94. The first-order valence-electron chi connectivity index (χ1n) is 6.14. The van der Waals surface area contributed by atoms with Crippen LogP contribution >= 0.6 is 0 Å². The molecule has 0 aromatic heterocycles. The van der Waals surface area contributed by atoms with Gasteiger partial charge in [-0.15, -0.1) is 0 Å². The van der Waals surface area contributed by atoms with Gasteiger partial charge in [0.05, 0.1) is 6.10 Å². The summed E-state index contributed by atoms with van der Waals surface area (Å²) in [4.78, 5) is 11.7. The topological polar surface area (TPSA) is 69.6 Å². The molecule has 1 rings (SSSR count). The van der Waals surface area contributed by atoms with Crippen LogP contribution in [-0.4, -0.2) is 28.8 Å². The molecular formula is C14H20FNO3. The Morgan fingerprint density at radius 1 is 1.42 bits per heavy atom. The van der Waals surface area contributed by atoms with Crippen LogP contribution in [0.1, 0.15) is 37.6 Å². The van der Waals surface area contributed by atoms with Crippen molar-refractivity contribution in [2.75, 3.05) is 6.54 Å². The van der Waals surface area contributed by atoms with Gasteiger partial charge in [0.15, 0.2) is 0 Å². The lowest BCUT2D eigenvalue weighted by atomic mass is 9.89. The molecule has 1 amide bonds. The molecule has 1 atom stereocenters. The molecule has 5 heteroatoms. The van der Waals surface area contributed by atoms with Crippen LogP contribution in [0.3, 0.4) is 0 Å². The Bertz CT molecular complexity index is 434. The van der Waals surface area contributed by atoms with E-state index in [1.165, 1.54) is 12.1 Å². The van der Waals surface area contributed by atoms with Gasteiger partial charge in [0.1, 0.15) is 17.1 Å². The molecule has 0 radical (unpaired) electrons. The summed E-state index contributed by atoms with van der Waals surface area (Å²) >= 11 is 0. The van der Waals surface area contributed by atoms with Gasteiger partial charge in [-0.3, -0.25) is 4.79 Å². The molecule has 0 saturated heterocycles. The maximum absolute atomic E-state index is 13.4. The highest BCUT2D eigenvalue weighted by Crippen LogP contribution is 2.21. The number of rotatable bonds is 4. The molecular weight excluding hydrogens is 249 g/mol. The fourth-order valence-corrected chi connectivity index (χ4v) is 1.82. The standard InChI is InChI=1S/C14H20FNO3/c1-14(2,3)7-9(17)8-16-13(19)12-10(15)5-4-6-11(12)18/h4-6,9,17-18H,7-8H2,1-3H3,(H,16,19). The third kappa shape index (κ3) is 4.87. The Hall–Kier alpha value is -1.62. The molecule has 4 nitrogen and oxygen atoms in total. The molecule has 3 N–H and O–H groups in total. The second-order valence-electron chi connectivity index (χ2n) is 5.76. The molecule has 1 aromatic carbocycles. The molecule has 0 aliphatic carbocycles. The van der Waals surface area contributed by atoms with E-state index in [0.29, 0.717) is 6.42 Å². The Labute approximate surface area is 112 Å². The largest absolute Gasteiger partial charge is 0.507 e. The van der Waals surface area contributed by atoms with Gasteiger partial charge in [-0.1, -0.05) is 26.8 Å². The van der Waals surface area contributed by atoms with Crippen molar-refractivity contribution in [3.05, 3.63) is 29.6 Å². The number of halogens is 1. The zero-order chi connectivity index (χ0) is 14.6. The first kappa shape index (κ1) is 15.4. The van der Waals surface area contributed by atoms with Crippen molar-refractivity contribution < 1.29 is 19.4 Å². The van der Waals surface area contributed by atoms with E-state index >= 15 is 0 Å². The van der Waals surface area contributed by atoms with E-state index in [9.17, 15) is 19.4 Å². The molecule has 0 heterocycles. The van der Waals surface area contributed by atoms with E-state index in [1.54, 1.807) is 0 Å². The number of nitrogens with one attached hydrogen (secondary N) is 1. The maximum atomic E-state index is 13.4. The number of carbonyl (C=O) groups is 1. The van der Waals surface area contributed by atoms with Crippen LogP contribution in [0, 0.1) is 11.2 Å². The van der Waals surface area contributed by atoms with E-state index in [0.717, 1.165) is 6.07 Å². The fraction of sp³-hybridized carbons (Fsp3) is 0.500. The smallest absolute Gasteiger partial charge is 0.258 e.